The van der Waals surface area contributed by atoms with E-state index in [-0.39, 0.29) is 0 Å². The molecule has 0 bridgehead atoms. The van der Waals surface area contributed by atoms with Crippen molar-refractivity contribution in [2.45, 2.75) is 59.0 Å². The molecule has 0 aromatic heterocycles. The van der Waals surface area contributed by atoms with Crippen LogP contribution >= 0.6 is 0 Å². The van der Waals surface area contributed by atoms with E-state index >= 15 is 0 Å². The van der Waals surface area contributed by atoms with Crippen LogP contribution in [0, 0.1) is 11.3 Å². The third kappa shape index (κ3) is 3.75. The van der Waals surface area contributed by atoms with Gasteiger partial charge in [0.2, 0.25) is 0 Å². The summed E-state index contributed by atoms with van der Waals surface area (Å²) in [6, 6.07) is 1.40. The summed E-state index contributed by atoms with van der Waals surface area (Å²) >= 11 is 0. The van der Waals surface area contributed by atoms with Crippen LogP contribution in [0.2, 0.25) is 0 Å². The first-order valence-corrected chi connectivity index (χ1v) is 8.60. The van der Waals surface area contributed by atoms with Gasteiger partial charge in [0.05, 0.1) is 0 Å². The lowest BCUT2D eigenvalue weighted by Gasteiger charge is -2.47. The van der Waals surface area contributed by atoms with Gasteiger partial charge in [0, 0.05) is 38.3 Å². The molecule has 0 radical (unpaired) electrons. The first-order valence-electron chi connectivity index (χ1n) is 8.60. The van der Waals surface area contributed by atoms with Crippen molar-refractivity contribution in [1.29, 1.82) is 0 Å². The molecule has 118 valence electrons. The minimum atomic E-state index is 0.455. The number of hydrogen-bond acceptors (Lipinski definition) is 3. The zero-order valence-electron chi connectivity index (χ0n) is 14.3. The van der Waals surface area contributed by atoms with Crippen LogP contribution in [0.15, 0.2) is 0 Å². The lowest BCUT2D eigenvalue weighted by Crippen LogP contribution is -2.56. The molecule has 3 heteroatoms. The molecule has 3 nitrogen and oxygen atoms in total. The van der Waals surface area contributed by atoms with E-state index in [4.69, 9.17) is 0 Å². The molecule has 2 fully saturated rings. The van der Waals surface area contributed by atoms with Gasteiger partial charge < -0.3 is 15.1 Å². The number of hydrogen-bond donors (Lipinski definition) is 1. The third-order valence-electron chi connectivity index (χ3n) is 5.67. The van der Waals surface area contributed by atoms with Gasteiger partial charge in [-0.25, -0.2) is 0 Å². The molecule has 0 amide bonds. The largest absolute Gasteiger partial charge is 0.313 e. The second-order valence-electron chi connectivity index (χ2n) is 7.77. The average Bonchev–Trinajstić information content (AvgIpc) is 2.38. The summed E-state index contributed by atoms with van der Waals surface area (Å²) in [5.74, 6) is 0.828. The van der Waals surface area contributed by atoms with Crippen LogP contribution in [0.3, 0.4) is 0 Å². The highest BCUT2D eigenvalue weighted by atomic mass is 15.3. The fourth-order valence-corrected chi connectivity index (χ4v) is 4.26. The van der Waals surface area contributed by atoms with E-state index in [1.54, 1.807) is 0 Å². The van der Waals surface area contributed by atoms with Gasteiger partial charge in [-0.3, -0.25) is 0 Å². The van der Waals surface area contributed by atoms with Crippen molar-refractivity contribution in [2.24, 2.45) is 11.3 Å². The highest BCUT2D eigenvalue weighted by Crippen LogP contribution is 2.39. The van der Waals surface area contributed by atoms with E-state index in [1.165, 1.54) is 45.4 Å². The van der Waals surface area contributed by atoms with Crippen LogP contribution in [-0.2, 0) is 0 Å². The van der Waals surface area contributed by atoms with Crippen LogP contribution < -0.4 is 5.32 Å². The summed E-state index contributed by atoms with van der Waals surface area (Å²) in [6.45, 7) is 15.6. The number of nitrogens with zero attached hydrogens (tertiary/aromatic N) is 2. The van der Waals surface area contributed by atoms with Crippen LogP contribution in [0.1, 0.15) is 47.0 Å². The minimum absolute atomic E-state index is 0.455. The lowest BCUT2D eigenvalue weighted by atomic mass is 9.67. The van der Waals surface area contributed by atoms with Gasteiger partial charge in [0.1, 0.15) is 0 Å². The van der Waals surface area contributed by atoms with Crippen LogP contribution in [0.5, 0.6) is 0 Å². The van der Waals surface area contributed by atoms with E-state index < -0.39 is 0 Å². The second-order valence-corrected chi connectivity index (χ2v) is 7.77. The van der Waals surface area contributed by atoms with Crippen molar-refractivity contribution in [3.63, 3.8) is 0 Å². The summed E-state index contributed by atoms with van der Waals surface area (Å²) in [5.41, 5.74) is 0.455. The maximum absolute atomic E-state index is 3.80. The van der Waals surface area contributed by atoms with Crippen LogP contribution in [0.25, 0.3) is 0 Å². The molecule has 1 aliphatic heterocycles. The number of likely N-dealkylation sites (N-methyl/N-ethyl adjacent to an activating group) is 1. The maximum Gasteiger partial charge on any atom is 0.0192 e. The van der Waals surface area contributed by atoms with E-state index in [9.17, 15) is 0 Å². The molecule has 2 rings (SSSR count). The predicted octanol–water partition coefficient (Wildman–Crippen LogP) is 2.43. The Morgan fingerprint density at radius 1 is 1.25 bits per heavy atom. The van der Waals surface area contributed by atoms with Crippen molar-refractivity contribution in [1.82, 2.24) is 15.1 Å². The summed E-state index contributed by atoms with van der Waals surface area (Å²) in [5, 5.41) is 3.80. The lowest BCUT2D eigenvalue weighted by molar-refractivity contribution is 0.0471. The molecule has 3 atom stereocenters. The molecular formula is C17H35N3. The van der Waals surface area contributed by atoms with Crippen LogP contribution in [0.4, 0.5) is 0 Å². The standard InChI is InChI=1S/C17H35N3/c1-6-18-16-15(8-7-9-17(16,3)4)13-20-11-10-19(5)14(2)12-20/h14-16,18H,6-13H2,1-5H3. The number of piperazine rings is 1. The zero-order chi connectivity index (χ0) is 14.8. The van der Waals surface area contributed by atoms with Gasteiger partial charge in [-0.2, -0.15) is 0 Å². The SMILES string of the molecule is CCNC1C(CN2CCN(C)C(C)C2)CCCC1(C)C. The molecule has 3 unspecified atom stereocenters. The second kappa shape index (κ2) is 6.76. The van der Waals surface area contributed by atoms with Gasteiger partial charge in [-0.1, -0.05) is 27.2 Å². The first-order chi connectivity index (χ1) is 9.44. The van der Waals surface area contributed by atoms with Crippen molar-refractivity contribution in [2.75, 3.05) is 39.8 Å². The van der Waals surface area contributed by atoms with Crippen molar-refractivity contribution >= 4 is 0 Å². The van der Waals surface area contributed by atoms with E-state index in [0.717, 1.165) is 12.5 Å². The molecule has 20 heavy (non-hydrogen) atoms. The zero-order valence-corrected chi connectivity index (χ0v) is 14.3. The first kappa shape index (κ1) is 16.3. The fourth-order valence-electron chi connectivity index (χ4n) is 4.26. The van der Waals surface area contributed by atoms with Crippen molar-refractivity contribution in [3.05, 3.63) is 0 Å². The van der Waals surface area contributed by atoms with Gasteiger partial charge in [-0.05, 0) is 44.7 Å². The Balaban J connectivity index is 1.96. The molecule has 1 N–H and O–H groups in total. The predicted molar refractivity (Wildman–Crippen MR) is 87.1 cm³/mol. The van der Waals surface area contributed by atoms with E-state index in [0.29, 0.717) is 17.5 Å². The van der Waals surface area contributed by atoms with Crippen molar-refractivity contribution in [3.8, 4) is 0 Å². The minimum Gasteiger partial charge on any atom is -0.313 e. The molecule has 1 saturated carbocycles. The third-order valence-corrected chi connectivity index (χ3v) is 5.67. The summed E-state index contributed by atoms with van der Waals surface area (Å²) in [7, 11) is 2.26. The number of nitrogens with one attached hydrogen (secondary N) is 1. The summed E-state index contributed by atoms with van der Waals surface area (Å²) in [6.07, 6.45) is 4.19. The Morgan fingerprint density at radius 3 is 2.65 bits per heavy atom. The van der Waals surface area contributed by atoms with Crippen LogP contribution in [-0.4, -0.2) is 61.7 Å². The molecule has 2 aliphatic rings. The highest BCUT2D eigenvalue weighted by Gasteiger charge is 2.39. The summed E-state index contributed by atoms with van der Waals surface area (Å²) in [4.78, 5) is 5.20. The molecule has 1 aliphatic carbocycles. The monoisotopic (exact) mass is 281 g/mol. The Bertz CT molecular complexity index is 303. The normalized spacial score (nSPS) is 36.1. The van der Waals surface area contributed by atoms with Gasteiger partial charge in [0.15, 0.2) is 0 Å². The Hall–Kier alpha value is -0.120. The molecular weight excluding hydrogens is 246 g/mol. The molecule has 0 spiro atoms. The number of rotatable bonds is 4. The topological polar surface area (TPSA) is 18.5 Å². The Labute approximate surface area is 126 Å². The molecule has 1 heterocycles. The highest BCUT2D eigenvalue weighted by molar-refractivity contribution is 4.95. The van der Waals surface area contributed by atoms with Gasteiger partial charge >= 0.3 is 0 Å². The van der Waals surface area contributed by atoms with Crippen molar-refractivity contribution < 1.29 is 0 Å². The smallest absolute Gasteiger partial charge is 0.0192 e. The maximum atomic E-state index is 3.80. The van der Waals surface area contributed by atoms with Gasteiger partial charge in [0.25, 0.3) is 0 Å². The Kier molecular flexibility index (Phi) is 5.49. The Morgan fingerprint density at radius 2 is 2.00 bits per heavy atom. The molecule has 0 aromatic rings. The van der Waals surface area contributed by atoms with Gasteiger partial charge in [-0.15, -0.1) is 0 Å². The van der Waals surface area contributed by atoms with E-state index in [1.807, 2.05) is 0 Å². The average molecular weight is 281 g/mol. The fraction of sp³-hybridized carbons (Fsp3) is 1.00. The quantitative estimate of drug-likeness (QED) is 0.854. The molecule has 1 saturated heterocycles. The molecule has 0 aromatic carbocycles. The van der Waals surface area contributed by atoms with E-state index in [2.05, 4.69) is 49.9 Å². The summed E-state index contributed by atoms with van der Waals surface area (Å²) < 4.78 is 0.